The van der Waals surface area contributed by atoms with Crippen LogP contribution in [0.2, 0.25) is 0 Å². The van der Waals surface area contributed by atoms with Gasteiger partial charge in [0.1, 0.15) is 0 Å². The van der Waals surface area contributed by atoms with E-state index in [1.54, 1.807) is 18.2 Å². The highest BCUT2D eigenvalue weighted by Gasteiger charge is 2.16. The van der Waals surface area contributed by atoms with Gasteiger partial charge in [0, 0.05) is 16.8 Å². The first kappa shape index (κ1) is 31.5. The first-order valence-electron chi connectivity index (χ1n) is 12.2. The minimum absolute atomic E-state index is 0.0277. The van der Waals surface area contributed by atoms with Crippen molar-refractivity contribution in [1.29, 1.82) is 0 Å². The van der Waals surface area contributed by atoms with Crippen LogP contribution in [0.1, 0.15) is 12.8 Å². The molecule has 2 heterocycles. The predicted octanol–water partition coefficient (Wildman–Crippen LogP) is 3.10. The van der Waals surface area contributed by atoms with Crippen molar-refractivity contribution < 1.29 is 42.5 Å². The summed E-state index contributed by atoms with van der Waals surface area (Å²) >= 11 is 2.65. The van der Waals surface area contributed by atoms with Crippen LogP contribution in [-0.4, -0.2) is 103 Å². The first-order chi connectivity index (χ1) is 19.5. The van der Waals surface area contributed by atoms with Crippen LogP contribution in [0.3, 0.4) is 0 Å². The predicted molar refractivity (Wildman–Crippen MR) is 145 cm³/mol. The number of benzene rings is 1. The number of ether oxygens (including phenoxy) is 4. The smallest absolute Gasteiger partial charge is 0.305 e. The Kier molecular flexibility index (Phi) is 13.9. The number of carbonyl (C=O) groups excluding carboxylic acids is 1. The van der Waals surface area contributed by atoms with E-state index in [0.29, 0.717) is 78.7 Å². The van der Waals surface area contributed by atoms with E-state index >= 15 is 0 Å². The minimum atomic E-state index is -0.895. The number of nitrogens with zero attached hydrogens (tertiary/aromatic N) is 4. The monoisotopic (exact) mass is 597 g/mol. The first-order valence-corrected chi connectivity index (χ1v) is 14.7. The molecule has 0 saturated heterocycles. The molecule has 16 heteroatoms. The molecule has 0 aliphatic carbocycles. The fraction of sp³-hybridized carbons (Fsp3) is 0.500. The lowest BCUT2D eigenvalue weighted by Gasteiger charge is -2.09. The second kappa shape index (κ2) is 17.6. The molecule has 0 unspecified atom stereocenters. The summed E-state index contributed by atoms with van der Waals surface area (Å²) in [5.74, 6) is -0.546. The van der Waals surface area contributed by atoms with Crippen molar-refractivity contribution in [2.75, 3.05) is 70.7 Å². The van der Waals surface area contributed by atoms with Crippen molar-refractivity contribution >= 4 is 41.1 Å². The summed E-state index contributed by atoms with van der Waals surface area (Å²) in [6, 6.07) is 5.23. The Hall–Kier alpha value is -3.02. The Labute approximate surface area is 238 Å². The van der Waals surface area contributed by atoms with Gasteiger partial charge in [-0.1, -0.05) is 23.5 Å². The maximum Gasteiger partial charge on any atom is 0.305 e. The number of anilines is 1. The zero-order valence-corrected chi connectivity index (χ0v) is 23.8. The molecule has 40 heavy (non-hydrogen) atoms. The van der Waals surface area contributed by atoms with Crippen LogP contribution in [0, 0.1) is 0 Å². The van der Waals surface area contributed by atoms with Gasteiger partial charge in [-0.15, -0.1) is 20.4 Å². The van der Waals surface area contributed by atoms with Crippen LogP contribution < -0.4 is 5.32 Å². The molecular formula is C24H31N5O9S2. The summed E-state index contributed by atoms with van der Waals surface area (Å²) in [6.07, 6.45) is 3.77. The molecule has 0 bridgehead atoms. The maximum absolute atomic E-state index is 12.6. The minimum Gasteiger partial charge on any atom is -0.481 e. The zero-order valence-electron chi connectivity index (χ0n) is 22.1. The highest BCUT2D eigenvalue weighted by atomic mass is 32.2. The van der Waals surface area contributed by atoms with Crippen LogP contribution in [0.4, 0.5) is 5.69 Å². The van der Waals surface area contributed by atoms with Gasteiger partial charge in [-0.2, -0.15) is 0 Å². The second-order valence-corrected chi connectivity index (χ2v) is 9.36. The molecular weight excluding hydrogens is 566 g/mol. The number of rotatable bonds is 20. The Balaban J connectivity index is 1.38. The number of carboxylic acids is 1. The number of carbonyl (C=O) groups is 2. The van der Waals surface area contributed by atoms with Crippen LogP contribution in [-0.2, 0) is 28.5 Å². The molecule has 1 amide bonds. The molecule has 0 aliphatic rings. The van der Waals surface area contributed by atoms with Crippen LogP contribution in [0.15, 0.2) is 37.5 Å². The van der Waals surface area contributed by atoms with E-state index in [4.69, 9.17) is 32.9 Å². The van der Waals surface area contributed by atoms with Crippen LogP contribution in [0.5, 0.6) is 0 Å². The molecule has 3 aromatic rings. The zero-order chi connectivity index (χ0) is 28.6. The van der Waals surface area contributed by atoms with Crippen LogP contribution >= 0.6 is 23.5 Å². The number of hydrogen-bond acceptors (Lipinski definition) is 14. The van der Waals surface area contributed by atoms with Gasteiger partial charge in [-0.3, -0.25) is 9.59 Å². The number of aliphatic carboxylic acids is 1. The Bertz CT molecular complexity index is 1150. The lowest BCUT2D eigenvalue weighted by molar-refractivity contribution is -0.138. The molecule has 0 spiro atoms. The van der Waals surface area contributed by atoms with Gasteiger partial charge in [-0.25, -0.2) is 0 Å². The average Bonchev–Trinajstić information content (AvgIpc) is 3.63. The van der Waals surface area contributed by atoms with Crippen molar-refractivity contribution in [2.45, 2.75) is 23.3 Å². The summed E-state index contributed by atoms with van der Waals surface area (Å²) in [7, 11) is 0. The molecule has 0 aliphatic heterocycles. The molecule has 1 aromatic carbocycles. The van der Waals surface area contributed by atoms with Gasteiger partial charge < -0.3 is 38.2 Å². The van der Waals surface area contributed by atoms with Gasteiger partial charge in [0.2, 0.25) is 17.7 Å². The van der Waals surface area contributed by atoms with Gasteiger partial charge in [0.25, 0.3) is 10.4 Å². The average molecular weight is 598 g/mol. The molecule has 0 radical (unpaired) electrons. The molecule has 0 atom stereocenters. The van der Waals surface area contributed by atoms with E-state index in [-0.39, 0.29) is 32.0 Å². The quantitative estimate of drug-likeness (QED) is 0.143. The molecule has 3 rings (SSSR count). The standard InChI is InChI=1S/C24H31N5O9S2/c1-39-23-28-26-21(37-23)16-13-17(22-27-29-24(38-22)40-2)15-18(14-16)25-19(30)3-5-33-7-9-35-11-12-36-10-8-34-6-4-20(31)32/h13-15H,3-12H2,1-2H3,(H,25,30)(H,31,32). The van der Waals surface area contributed by atoms with Gasteiger partial charge in [-0.05, 0) is 30.7 Å². The Morgan fingerprint density at radius 3 is 1.60 bits per heavy atom. The van der Waals surface area contributed by atoms with Gasteiger partial charge >= 0.3 is 5.97 Å². The summed E-state index contributed by atoms with van der Waals surface area (Å²) in [5.41, 5.74) is 1.68. The third-order valence-corrected chi connectivity index (χ3v) is 5.95. The summed E-state index contributed by atoms with van der Waals surface area (Å²) in [4.78, 5) is 22.9. The van der Waals surface area contributed by atoms with Gasteiger partial charge in [0.15, 0.2) is 0 Å². The number of nitrogens with one attached hydrogen (secondary N) is 1. The summed E-state index contributed by atoms with van der Waals surface area (Å²) < 4.78 is 32.6. The third kappa shape index (κ3) is 11.2. The third-order valence-electron chi connectivity index (χ3n) is 4.92. The number of carboxylic acid groups (broad SMARTS) is 1. The molecule has 218 valence electrons. The molecule has 14 nitrogen and oxygen atoms in total. The number of thioether (sulfide) groups is 2. The topological polar surface area (TPSA) is 181 Å². The second-order valence-electron chi connectivity index (χ2n) is 7.84. The summed E-state index contributed by atoms with van der Waals surface area (Å²) in [5, 5.41) is 28.3. The fourth-order valence-corrected chi connectivity index (χ4v) is 3.64. The van der Waals surface area contributed by atoms with E-state index in [9.17, 15) is 9.59 Å². The number of amides is 1. The molecule has 0 fully saturated rings. The van der Waals surface area contributed by atoms with E-state index in [1.807, 2.05) is 12.5 Å². The van der Waals surface area contributed by atoms with E-state index in [2.05, 4.69) is 25.7 Å². The largest absolute Gasteiger partial charge is 0.481 e. The Morgan fingerprint density at radius 1 is 0.725 bits per heavy atom. The maximum atomic E-state index is 12.6. The molecule has 2 aromatic heterocycles. The molecule has 2 N–H and O–H groups in total. The number of hydrogen-bond donors (Lipinski definition) is 2. The normalized spacial score (nSPS) is 11.2. The van der Waals surface area contributed by atoms with Crippen molar-refractivity contribution in [3.8, 4) is 22.9 Å². The van der Waals surface area contributed by atoms with E-state index in [0.717, 1.165) is 0 Å². The Morgan fingerprint density at radius 2 is 1.18 bits per heavy atom. The highest BCUT2D eigenvalue weighted by Crippen LogP contribution is 2.31. The van der Waals surface area contributed by atoms with E-state index < -0.39 is 5.97 Å². The van der Waals surface area contributed by atoms with Crippen molar-refractivity contribution in [2.24, 2.45) is 0 Å². The summed E-state index contributed by atoms with van der Waals surface area (Å²) in [6.45, 7) is 2.52. The van der Waals surface area contributed by atoms with Crippen molar-refractivity contribution in [3.63, 3.8) is 0 Å². The van der Waals surface area contributed by atoms with E-state index in [1.165, 1.54) is 23.5 Å². The highest BCUT2D eigenvalue weighted by molar-refractivity contribution is 7.98. The lowest BCUT2D eigenvalue weighted by Crippen LogP contribution is -2.16. The lowest BCUT2D eigenvalue weighted by atomic mass is 10.1. The van der Waals surface area contributed by atoms with Crippen molar-refractivity contribution in [3.05, 3.63) is 18.2 Å². The van der Waals surface area contributed by atoms with Crippen LogP contribution in [0.25, 0.3) is 22.9 Å². The van der Waals surface area contributed by atoms with Crippen molar-refractivity contribution in [1.82, 2.24) is 20.4 Å². The fourth-order valence-electron chi connectivity index (χ4n) is 3.07. The number of aromatic nitrogens is 4. The molecule has 0 saturated carbocycles. The SMILES string of the molecule is CSc1nnc(-c2cc(NC(=O)CCOCCOCCOCCOCCC(=O)O)cc(-c3nnc(SC)o3)c2)o1. The van der Waals surface area contributed by atoms with Gasteiger partial charge in [0.05, 0.1) is 65.7 Å².